The number of nitrogens with zero attached hydrogens (tertiary/aromatic N) is 1. The first-order valence-corrected chi connectivity index (χ1v) is 4.10. The molecule has 0 aromatic heterocycles. The maximum atomic E-state index is 9.49. The molecule has 0 spiro atoms. The molecule has 0 unspecified atom stereocenters. The van der Waals surface area contributed by atoms with Gasteiger partial charge in [-0.3, -0.25) is 0 Å². The Kier molecular flexibility index (Phi) is 2.95. The van der Waals surface area contributed by atoms with Crippen molar-refractivity contribution in [3.8, 4) is 5.75 Å². The van der Waals surface area contributed by atoms with Crippen molar-refractivity contribution in [2.75, 3.05) is 14.1 Å². The Labute approximate surface area is 77.4 Å². The zero-order chi connectivity index (χ0) is 9.14. The Morgan fingerprint density at radius 1 is 1.42 bits per heavy atom. The van der Waals surface area contributed by atoms with Gasteiger partial charge in [0.05, 0.1) is 5.02 Å². The summed E-state index contributed by atoms with van der Waals surface area (Å²) in [6.45, 7) is 0.701. The number of aromatic hydroxyl groups is 1. The van der Waals surface area contributed by atoms with Crippen LogP contribution in [0.2, 0.25) is 5.02 Å². The molecular formula is C9H12ClNO. The second-order valence-electron chi connectivity index (χ2n) is 2.99. The lowest BCUT2D eigenvalue weighted by Gasteiger charge is -2.11. The standard InChI is InChI=1S/C9H12ClNO/c1-11(2)6-7-4-3-5-8(10)9(7)12/h3-5,12H,6H2,1-2H3. The van der Waals surface area contributed by atoms with Crippen LogP contribution in [-0.4, -0.2) is 24.1 Å². The number of phenolic OH excluding ortho intramolecular Hbond substituents is 1. The van der Waals surface area contributed by atoms with E-state index in [1.54, 1.807) is 6.07 Å². The molecule has 0 heterocycles. The molecule has 0 saturated carbocycles. The molecule has 66 valence electrons. The average Bonchev–Trinajstić information content (AvgIpc) is 1.98. The van der Waals surface area contributed by atoms with Crippen LogP contribution in [-0.2, 0) is 6.54 Å². The van der Waals surface area contributed by atoms with Crippen LogP contribution in [0.3, 0.4) is 0 Å². The molecule has 0 aliphatic carbocycles. The molecule has 0 bridgehead atoms. The van der Waals surface area contributed by atoms with Gasteiger partial charge in [0.25, 0.3) is 0 Å². The van der Waals surface area contributed by atoms with Gasteiger partial charge in [0, 0.05) is 12.1 Å². The molecule has 2 nitrogen and oxygen atoms in total. The van der Waals surface area contributed by atoms with E-state index in [9.17, 15) is 5.11 Å². The highest BCUT2D eigenvalue weighted by atomic mass is 35.5. The summed E-state index contributed by atoms with van der Waals surface area (Å²) < 4.78 is 0. The van der Waals surface area contributed by atoms with Gasteiger partial charge < -0.3 is 10.0 Å². The first-order chi connectivity index (χ1) is 5.61. The average molecular weight is 186 g/mol. The van der Waals surface area contributed by atoms with Gasteiger partial charge in [0.1, 0.15) is 5.75 Å². The Hall–Kier alpha value is -0.730. The number of halogens is 1. The van der Waals surface area contributed by atoms with E-state index in [2.05, 4.69) is 0 Å². The van der Waals surface area contributed by atoms with Crippen molar-refractivity contribution in [3.05, 3.63) is 28.8 Å². The topological polar surface area (TPSA) is 23.5 Å². The van der Waals surface area contributed by atoms with Gasteiger partial charge in [0.2, 0.25) is 0 Å². The predicted molar refractivity (Wildman–Crippen MR) is 50.5 cm³/mol. The molecule has 3 heteroatoms. The Bertz CT molecular complexity index is 273. The molecule has 1 rings (SSSR count). The monoisotopic (exact) mass is 185 g/mol. The highest BCUT2D eigenvalue weighted by molar-refractivity contribution is 6.32. The van der Waals surface area contributed by atoms with Crippen molar-refractivity contribution in [2.24, 2.45) is 0 Å². The van der Waals surface area contributed by atoms with Crippen LogP contribution < -0.4 is 0 Å². The van der Waals surface area contributed by atoms with Crippen molar-refractivity contribution in [3.63, 3.8) is 0 Å². The summed E-state index contributed by atoms with van der Waals surface area (Å²) in [4.78, 5) is 1.98. The van der Waals surface area contributed by atoms with Crippen LogP contribution >= 0.6 is 11.6 Å². The number of hydrogen-bond donors (Lipinski definition) is 1. The summed E-state index contributed by atoms with van der Waals surface area (Å²) in [5.74, 6) is 0.188. The number of benzene rings is 1. The predicted octanol–water partition coefficient (Wildman–Crippen LogP) is 2.11. The minimum absolute atomic E-state index is 0.188. The van der Waals surface area contributed by atoms with E-state index in [0.29, 0.717) is 11.6 Å². The normalized spacial score (nSPS) is 10.7. The first kappa shape index (κ1) is 9.36. The molecular weight excluding hydrogens is 174 g/mol. The fraction of sp³-hybridized carbons (Fsp3) is 0.333. The van der Waals surface area contributed by atoms with E-state index >= 15 is 0 Å². The molecule has 0 fully saturated rings. The lowest BCUT2D eigenvalue weighted by molar-refractivity contribution is 0.386. The lowest BCUT2D eigenvalue weighted by atomic mass is 10.2. The molecule has 1 aromatic carbocycles. The fourth-order valence-electron chi connectivity index (χ4n) is 1.03. The van der Waals surface area contributed by atoms with Gasteiger partial charge in [-0.25, -0.2) is 0 Å². The third-order valence-corrected chi connectivity index (χ3v) is 1.86. The number of hydrogen-bond acceptors (Lipinski definition) is 2. The lowest BCUT2D eigenvalue weighted by Crippen LogP contribution is -2.10. The van der Waals surface area contributed by atoms with Crippen LogP contribution in [0.25, 0.3) is 0 Å². The van der Waals surface area contributed by atoms with Crippen molar-refractivity contribution >= 4 is 11.6 Å². The zero-order valence-corrected chi connectivity index (χ0v) is 7.97. The molecule has 0 aliphatic rings. The number of phenols is 1. The second kappa shape index (κ2) is 3.78. The quantitative estimate of drug-likeness (QED) is 0.763. The fourth-order valence-corrected chi connectivity index (χ4v) is 1.22. The van der Waals surface area contributed by atoms with Gasteiger partial charge in [0.15, 0.2) is 0 Å². The Morgan fingerprint density at radius 2 is 2.08 bits per heavy atom. The van der Waals surface area contributed by atoms with Crippen LogP contribution in [0.1, 0.15) is 5.56 Å². The van der Waals surface area contributed by atoms with Gasteiger partial charge >= 0.3 is 0 Å². The molecule has 1 aromatic rings. The van der Waals surface area contributed by atoms with Gasteiger partial charge in [-0.15, -0.1) is 0 Å². The molecule has 0 radical (unpaired) electrons. The zero-order valence-electron chi connectivity index (χ0n) is 7.21. The summed E-state index contributed by atoms with van der Waals surface area (Å²) in [6, 6.07) is 5.37. The summed E-state index contributed by atoms with van der Waals surface area (Å²) in [5.41, 5.74) is 0.854. The minimum atomic E-state index is 0.188. The third-order valence-electron chi connectivity index (χ3n) is 1.56. The van der Waals surface area contributed by atoms with Crippen LogP contribution in [0, 0.1) is 0 Å². The van der Waals surface area contributed by atoms with Crippen molar-refractivity contribution in [1.82, 2.24) is 4.90 Å². The molecule has 0 amide bonds. The highest BCUT2D eigenvalue weighted by Gasteiger charge is 2.04. The molecule has 12 heavy (non-hydrogen) atoms. The first-order valence-electron chi connectivity index (χ1n) is 3.72. The second-order valence-corrected chi connectivity index (χ2v) is 3.39. The van der Waals surface area contributed by atoms with Crippen LogP contribution in [0.5, 0.6) is 5.75 Å². The van der Waals surface area contributed by atoms with E-state index in [1.807, 2.05) is 31.1 Å². The number of para-hydroxylation sites is 1. The van der Waals surface area contributed by atoms with Crippen molar-refractivity contribution < 1.29 is 5.11 Å². The van der Waals surface area contributed by atoms with Gasteiger partial charge in [-0.1, -0.05) is 23.7 Å². The van der Waals surface area contributed by atoms with E-state index in [1.165, 1.54) is 0 Å². The largest absolute Gasteiger partial charge is 0.506 e. The summed E-state index contributed by atoms with van der Waals surface area (Å²) in [5, 5.41) is 9.90. The van der Waals surface area contributed by atoms with E-state index in [4.69, 9.17) is 11.6 Å². The minimum Gasteiger partial charge on any atom is -0.506 e. The summed E-state index contributed by atoms with van der Waals surface area (Å²) in [6.07, 6.45) is 0. The highest BCUT2D eigenvalue weighted by Crippen LogP contribution is 2.27. The van der Waals surface area contributed by atoms with Crippen LogP contribution in [0.15, 0.2) is 18.2 Å². The van der Waals surface area contributed by atoms with Crippen molar-refractivity contribution in [1.29, 1.82) is 0 Å². The van der Waals surface area contributed by atoms with Gasteiger partial charge in [-0.2, -0.15) is 0 Å². The number of rotatable bonds is 2. The van der Waals surface area contributed by atoms with E-state index in [0.717, 1.165) is 5.56 Å². The van der Waals surface area contributed by atoms with Gasteiger partial charge in [-0.05, 0) is 20.2 Å². The molecule has 1 N–H and O–H groups in total. The smallest absolute Gasteiger partial charge is 0.138 e. The Balaban J connectivity index is 2.92. The summed E-state index contributed by atoms with van der Waals surface area (Å²) in [7, 11) is 3.89. The summed E-state index contributed by atoms with van der Waals surface area (Å²) >= 11 is 5.73. The molecule has 0 atom stereocenters. The maximum Gasteiger partial charge on any atom is 0.138 e. The van der Waals surface area contributed by atoms with E-state index in [-0.39, 0.29) is 5.75 Å². The Morgan fingerprint density at radius 3 is 2.67 bits per heavy atom. The van der Waals surface area contributed by atoms with Crippen molar-refractivity contribution in [2.45, 2.75) is 6.54 Å². The third kappa shape index (κ3) is 2.13. The SMILES string of the molecule is CN(C)Cc1cccc(Cl)c1O. The maximum absolute atomic E-state index is 9.49. The van der Waals surface area contributed by atoms with E-state index < -0.39 is 0 Å². The molecule has 0 saturated heterocycles. The van der Waals surface area contributed by atoms with Crippen LogP contribution in [0.4, 0.5) is 0 Å². The molecule has 0 aliphatic heterocycles.